The molecule has 1 heterocycles. The highest BCUT2D eigenvalue weighted by Gasteiger charge is 2.46. The van der Waals surface area contributed by atoms with Gasteiger partial charge in [0, 0.05) is 6.42 Å². The van der Waals surface area contributed by atoms with Gasteiger partial charge in [-0.1, -0.05) is 0 Å². The van der Waals surface area contributed by atoms with Crippen LogP contribution in [0.5, 0.6) is 0 Å². The number of unbranched alkanes of at least 4 members (excludes halogenated alkanes) is 2. The second-order valence-electron chi connectivity index (χ2n) is 5.09. The monoisotopic (exact) mass is 256 g/mol. The van der Waals surface area contributed by atoms with E-state index in [0.717, 1.165) is 32.1 Å². The number of carbonyl (C=O) groups excluding carboxylic acids is 1. The number of fused-ring (bicyclic) bond motifs is 1. The lowest BCUT2D eigenvalue weighted by molar-refractivity contribution is -0.149. The van der Waals surface area contributed by atoms with Crippen LogP contribution >= 0.6 is 0 Å². The van der Waals surface area contributed by atoms with Crippen molar-refractivity contribution >= 4 is 11.9 Å². The zero-order valence-electron chi connectivity index (χ0n) is 10.5. The van der Waals surface area contributed by atoms with Crippen LogP contribution in [0.2, 0.25) is 0 Å². The highest BCUT2D eigenvalue weighted by atomic mass is 16.6. The van der Waals surface area contributed by atoms with Crippen LogP contribution in [-0.2, 0) is 19.1 Å². The van der Waals surface area contributed by atoms with E-state index in [2.05, 4.69) is 0 Å². The average molecular weight is 256 g/mol. The first kappa shape index (κ1) is 13.3. The minimum absolute atomic E-state index is 0.00719. The van der Waals surface area contributed by atoms with Gasteiger partial charge >= 0.3 is 11.9 Å². The summed E-state index contributed by atoms with van der Waals surface area (Å²) in [5.74, 6) is -0.872. The standard InChI is InChI=1S/C13H20O5/c14-12(15)4-2-1-3-7-17-13(16)9-5-6-10-11(8-9)18-10/h9-11H,1-8H2,(H,14,15). The van der Waals surface area contributed by atoms with Crippen molar-refractivity contribution in [3.8, 4) is 0 Å². The quantitative estimate of drug-likeness (QED) is 0.426. The summed E-state index contributed by atoms with van der Waals surface area (Å²) >= 11 is 0. The molecule has 2 aliphatic rings. The Bertz CT molecular complexity index is 315. The summed E-state index contributed by atoms with van der Waals surface area (Å²) in [5.41, 5.74) is 0. The molecule has 0 bridgehead atoms. The molecule has 0 amide bonds. The van der Waals surface area contributed by atoms with Crippen molar-refractivity contribution in [1.82, 2.24) is 0 Å². The van der Waals surface area contributed by atoms with E-state index in [1.807, 2.05) is 0 Å². The maximum Gasteiger partial charge on any atom is 0.309 e. The Kier molecular flexibility index (Phi) is 4.58. The van der Waals surface area contributed by atoms with E-state index >= 15 is 0 Å². The summed E-state index contributed by atoms with van der Waals surface area (Å²) in [7, 11) is 0. The number of hydrogen-bond donors (Lipinski definition) is 1. The molecule has 0 aromatic heterocycles. The Labute approximate surface area is 106 Å². The third kappa shape index (κ3) is 3.98. The first-order chi connectivity index (χ1) is 8.66. The molecule has 1 aliphatic heterocycles. The second kappa shape index (κ2) is 6.18. The molecule has 1 saturated carbocycles. The summed E-state index contributed by atoms with van der Waals surface area (Å²) in [6.07, 6.45) is 5.74. The number of ether oxygens (including phenoxy) is 2. The van der Waals surface area contributed by atoms with Gasteiger partial charge in [-0.2, -0.15) is 0 Å². The smallest absolute Gasteiger partial charge is 0.309 e. The van der Waals surface area contributed by atoms with Crippen molar-refractivity contribution in [3.63, 3.8) is 0 Å². The number of carbonyl (C=O) groups is 2. The third-order valence-corrected chi connectivity index (χ3v) is 3.62. The highest BCUT2D eigenvalue weighted by Crippen LogP contribution is 2.39. The lowest BCUT2D eigenvalue weighted by Gasteiger charge is -2.17. The number of hydrogen-bond acceptors (Lipinski definition) is 4. The number of epoxide rings is 1. The molecular formula is C13H20O5. The van der Waals surface area contributed by atoms with Crippen LogP contribution in [0.3, 0.4) is 0 Å². The summed E-state index contributed by atoms with van der Waals surface area (Å²) in [5, 5.41) is 8.46. The molecule has 1 saturated heterocycles. The molecule has 1 aliphatic carbocycles. The Morgan fingerprint density at radius 2 is 2.00 bits per heavy atom. The molecule has 5 heteroatoms. The first-order valence-corrected chi connectivity index (χ1v) is 6.70. The van der Waals surface area contributed by atoms with Crippen molar-refractivity contribution < 1.29 is 24.2 Å². The lowest BCUT2D eigenvalue weighted by atomic mass is 9.89. The van der Waals surface area contributed by atoms with E-state index in [4.69, 9.17) is 14.6 Å². The molecule has 0 aromatic rings. The molecule has 1 N–H and O–H groups in total. The first-order valence-electron chi connectivity index (χ1n) is 6.70. The van der Waals surface area contributed by atoms with Gasteiger partial charge in [0.25, 0.3) is 0 Å². The second-order valence-corrected chi connectivity index (χ2v) is 5.09. The fraction of sp³-hybridized carbons (Fsp3) is 0.846. The van der Waals surface area contributed by atoms with Gasteiger partial charge < -0.3 is 14.6 Å². The average Bonchev–Trinajstić information content (AvgIpc) is 3.10. The summed E-state index contributed by atoms with van der Waals surface area (Å²) in [4.78, 5) is 22.0. The van der Waals surface area contributed by atoms with Gasteiger partial charge in [0.15, 0.2) is 0 Å². The Morgan fingerprint density at radius 1 is 1.17 bits per heavy atom. The Balaban J connectivity index is 1.50. The molecule has 3 atom stereocenters. The van der Waals surface area contributed by atoms with Crippen LogP contribution in [0.1, 0.15) is 44.9 Å². The third-order valence-electron chi connectivity index (χ3n) is 3.62. The van der Waals surface area contributed by atoms with Gasteiger partial charge in [0.2, 0.25) is 0 Å². The predicted octanol–water partition coefficient (Wildman–Crippen LogP) is 1.74. The predicted molar refractivity (Wildman–Crippen MR) is 63.1 cm³/mol. The van der Waals surface area contributed by atoms with E-state index in [1.165, 1.54) is 0 Å². The SMILES string of the molecule is O=C(O)CCCCCOC(=O)C1CCC2OC2C1. The van der Waals surface area contributed by atoms with E-state index in [9.17, 15) is 9.59 Å². The zero-order chi connectivity index (χ0) is 13.0. The molecule has 0 spiro atoms. The normalized spacial score (nSPS) is 29.4. The minimum atomic E-state index is -0.770. The van der Waals surface area contributed by atoms with Crippen LogP contribution in [0, 0.1) is 5.92 Å². The summed E-state index contributed by atoms with van der Waals surface area (Å²) < 4.78 is 10.6. The van der Waals surface area contributed by atoms with Gasteiger partial charge in [-0.15, -0.1) is 0 Å². The van der Waals surface area contributed by atoms with Crippen LogP contribution < -0.4 is 0 Å². The topological polar surface area (TPSA) is 76.1 Å². The highest BCUT2D eigenvalue weighted by molar-refractivity contribution is 5.72. The molecular weight excluding hydrogens is 236 g/mol. The number of aliphatic carboxylic acids is 1. The lowest BCUT2D eigenvalue weighted by Crippen LogP contribution is -2.24. The molecule has 5 nitrogen and oxygen atoms in total. The minimum Gasteiger partial charge on any atom is -0.481 e. The van der Waals surface area contributed by atoms with Crippen molar-refractivity contribution in [2.24, 2.45) is 5.92 Å². The van der Waals surface area contributed by atoms with Crippen LogP contribution in [0.15, 0.2) is 0 Å². The molecule has 2 rings (SSSR count). The number of carboxylic acid groups (broad SMARTS) is 1. The largest absolute Gasteiger partial charge is 0.481 e. The van der Waals surface area contributed by atoms with Gasteiger partial charge in [0.05, 0.1) is 24.7 Å². The van der Waals surface area contributed by atoms with E-state index in [1.54, 1.807) is 0 Å². The fourth-order valence-electron chi connectivity index (χ4n) is 2.46. The van der Waals surface area contributed by atoms with Gasteiger partial charge in [-0.3, -0.25) is 9.59 Å². The van der Waals surface area contributed by atoms with Gasteiger partial charge in [-0.05, 0) is 38.5 Å². The van der Waals surface area contributed by atoms with Crippen LogP contribution in [0.25, 0.3) is 0 Å². The van der Waals surface area contributed by atoms with Crippen LogP contribution in [-0.4, -0.2) is 35.9 Å². The van der Waals surface area contributed by atoms with Crippen molar-refractivity contribution in [1.29, 1.82) is 0 Å². The van der Waals surface area contributed by atoms with Gasteiger partial charge in [-0.25, -0.2) is 0 Å². The van der Waals surface area contributed by atoms with Gasteiger partial charge in [0.1, 0.15) is 0 Å². The number of rotatable bonds is 7. The van der Waals surface area contributed by atoms with Crippen molar-refractivity contribution in [3.05, 3.63) is 0 Å². The Morgan fingerprint density at radius 3 is 2.72 bits per heavy atom. The zero-order valence-corrected chi connectivity index (χ0v) is 10.5. The molecule has 3 unspecified atom stereocenters. The molecule has 0 aromatic carbocycles. The van der Waals surface area contributed by atoms with E-state index in [0.29, 0.717) is 25.2 Å². The Hall–Kier alpha value is -1.10. The molecule has 0 radical (unpaired) electrons. The summed E-state index contributed by atoms with van der Waals surface area (Å²) in [6.45, 7) is 0.407. The van der Waals surface area contributed by atoms with Crippen molar-refractivity contribution in [2.75, 3.05) is 6.61 Å². The molecule has 2 fully saturated rings. The van der Waals surface area contributed by atoms with Crippen LogP contribution in [0.4, 0.5) is 0 Å². The maximum atomic E-state index is 11.7. The number of carboxylic acids is 1. The summed E-state index contributed by atoms with van der Waals surface area (Å²) in [6, 6.07) is 0. The molecule has 102 valence electrons. The number of esters is 1. The fourth-order valence-corrected chi connectivity index (χ4v) is 2.46. The van der Waals surface area contributed by atoms with E-state index in [-0.39, 0.29) is 18.3 Å². The van der Waals surface area contributed by atoms with Crippen molar-refractivity contribution in [2.45, 2.75) is 57.2 Å². The molecule has 18 heavy (non-hydrogen) atoms. The maximum absolute atomic E-state index is 11.7. The van der Waals surface area contributed by atoms with E-state index < -0.39 is 5.97 Å².